The van der Waals surface area contributed by atoms with Crippen LogP contribution < -0.4 is 0 Å². The Morgan fingerprint density at radius 1 is 1.19 bits per heavy atom. The van der Waals surface area contributed by atoms with Gasteiger partial charge < -0.3 is 0 Å². The Morgan fingerprint density at radius 2 is 2.08 bits per heavy atom. The molecule has 0 radical (unpaired) electrons. The second-order valence-electron chi connectivity index (χ2n) is 9.13. The molecular weight excluding hydrogens is 318 g/mol. The fourth-order valence-electron chi connectivity index (χ4n) is 6.42. The lowest BCUT2D eigenvalue weighted by Crippen LogP contribution is -2.46. The standard InChI is InChI=1S/C24H27NO/c1-23-11-9-18(26)14-17(23)5-6-19-21-8-7-20(16-4-3-13-25-15-16)24(21,2)12-10-22(19)23/h3-5,7-8,13,15,19,22H,6,9-12,14H2,1-2H3/t19-,22-,23-,24+/m0/s1. The smallest absolute Gasteiger partial charge is 0.136 e. The summed E-state index contributed by atoms with van der Waals surface area (Å²) in [4.78, 5) is 16.3. The van der Waals surface area contributed by atoms with E-state index in [1.165, 1.54) is 29.6 Å². The molecule has 0 unspecified atom stereocenters. The third-order valence-electron chi connectivity index (χ3n) is 7.96. The molecule has 1 aromatic heterocycles. The van der Waals surface area contributed by atoms with Crippen molar-refractivity contribution < 1.29 is 4.79 Å². The average Bonchev–Trinajstić information content (AvgIpc) is 3.00. The first-order chi connectivity index (χ1) is 12.5. The van der Waals surface area contributed by atoms with Gasteiger partial charge in [0.1, 0.15) is 5.78 Å². The molecule has 5 rings (SSSR count). The Bertz CT molecular complexity index is 861. The zero-order valence-electron chi connectivity index (χ0n) is 15.8. The van der Waals surface area contributed by atoms with Crippen LogP contribution in [0.15, 0.2) is 53.9 Å². The van der Waals surface area contributed by atoms with Crippen molar-refractivity contribution in [1.82, 2.24) is 4.98 Å². The van der Waals surface area contributed by atoms with Gasteiger partial charge in [-0.25, -0.2) is 0 Å². The van der Waals surface area contributed by atoms with Crippen molar-refractivity contribution in [3.63, 3.8) is 0 Å². The van der Waals surface area contributed by atoms with Crippen molar-refractivity contribution in [2.45, 2.75) is 52.4 Å². The number of carbonyl (C=O) groups excluding carboxylic acids is 1. The predicted molar refractivity (Wildman–Crippen MR) is 104 cm³/mol. The third-order valence-corrected chi connectivity index (χ3v) is 7.96. The van der Waals surface area contributed by atoms with Crippen LogP contribution in [-0.2, 0) is 4.79 Å². The number of Topliss-reactive ketones (excluding diaryl/α,β-unsaturated/α-hetero) is 1. The molecule has 0 saturated heterocycles. The largest absolute Gasteiger partial charge is 0.299 e. The fraction of sp³-hybridized carbons (Fsp3) is 0.500. The van der Waals surface area contributed by atoms with Crippen LogP contribution in [0.4, 0.5) is 0 Å². The van der Waals surface area contributed by atoms with Gasteiger partial charge in [0.15, 0.2) is 0 Å². The number of hydrogen-bond donors (Lipinski definition) is 0. The number of ketones is 1. The van der Waals surface area contributed by atoms with Gasteiger partial charge in [0.25, 0.3) is 0 Å². The van der Waals surface area contributed by atoms with Crippen LogP contribution in [0.1, 0.15) is 57.9 Å². The highest BCUT2D eigenvalue weighted by molar-refractivity contribution is 5.83. The van der Waals surface area contributed by atoms with Crippen molar-refractivity contribution in [2.75, 3.05) is 0 Å². The Labute approximate surface area is 156 Å². The molecule has 0 amide bonds. The highest BCUT2D eigenvalue weighted by Crippen LogP contribution is 2.64. The van der Waals surface area contributed by atoms with Gasteiger partial charge in [0.2, 0.25) is 0 Å². The quantitative estimate of drug-likeness (QED) is 0.627. The first-order valence-electron chi connectivity index (χ1n) is 10.1. The minimum atomic E-state index is 0.149. The van der Waals surface area contributed by atoms with Crippen LogP contribution in [0.25, 0.3) is 5.57 Å². The van der Waals surface area contributed by atoms with Gasteiger partial charge in [0.05, 0.1) is 0 Å². The number of carbonyl (C=O) groups is 1. The second-order valence-corrected chi connectivity index (χ2v) is 9.13. The molecule has 1 heterocycles. The topological polar surface area (TPSA) is 30.0 Å². The second kappa shape index (κ2) is 5.52. The van der Waals surface area contributed by atoms with E-state index in [2.05, 4.69) is 43.1 Å². The number of nitrogens with zero attached hydrogens (tertiary/aromatic N) is 1. The van der Waals surface area contributed by atoms with Crippen LogP contribution in [-0.4, -0.2) is 10.8 Å². The van der Waals surface area contributed by atoms with Gasteiger partial charge in [-0.05, 0) is 60.1 Å². The molecule has 1 aromatic rings. The van der Waals surface area contributed by atoms with Gasteiger partial charge in [0, 0.05) is 30.7 Å². The molecule has 2 saturated carbocycles. The Hall–Kier alpha value is -1.96. The van der Waals surface area contributed by atoms with E-state index in [-0.39, 0.29) is 10.8 Å². The third kappa shape index (κ3) is 2.11. The van der Waals surface area contributed by atoms with E-state index in [4.69, 9.17) is 0 Å². The maximum absolute atomic E-state index is 12.0. The van der Waals surface area contributed by atoms with Crippen molar-refractivity contribution in [2.24, 2.45) is 22.7 Å². The average molecular weight is 345 g/mol. The summed E-state index contributed by atoms with van der Waals surface area (Å²) < 4.78 is 0. The molecule has 4 atom stereocenters. The highest BCUT2D eigenvalue weighted by Gasteiger charge is 2.54. The highest BCUT2D eigenvalue weighted by atomic mass is 16.1. The summed E-state index contributed by atoms with van der Waals surface area (Å²) in [6, 6.07) is 4.23. The summed E-state index contributed by atoms with van der Waals surface area (Å²) in [7, 11) is 0. The zero-order chi connectivity index (χ0) is 17.9. The molecule has 2 fully saturated rings. The maximum atomic E-state index is 12.0. The zero-order valence-corrected chi connectivity index (χ0v) is 15.8. The Balaban J connectivity index is 1.50. The molecule has 0 spiro atoms. The van der Waals surface area contributed by atoms with Crippen molar-refractivity contribution in [3.05, 3.63) is 59.5 Å². The molecule has 0 N–H and O–H groups in total. The summed E-state index contributed by atoms with van der Waals surface area (Å²) in [5.41, 5.74) is 6.16. The lowest BCUT2D eigenvalue weighted by Gasteiger charge is -2.55. The minimum Gasteiger partial charge on any atom is -0.299 e. The van der Waals surface area contributed by atoms with Crippen molar-refractivity contribution in [1.29, 1.82) is 0 Å². The van der Waals surface area contributed by atoms with Crippen LogP contribution >= 0.6 is 0 Å². The number of allylic oxidation sites excluding steroid dienone is 6. The summed E-state index contributed by atoms with van der Waals surface area (Å²) in [5.74, 6) is 1.76. The molecule has 134 valence electrons. The Kier molecular flexibility index (Phi) is 3.44. The van der Waals surface area contributed by atoms with Gasteiger partial charge in [-0.2, -0.15) is 0 Å². The van der Waals surface area contributed by atoms with E-state index < -0.39 is 0 Å². The van der Waals surface area contributed by atoms with E-state index in [0.717, 1.165) is 19.3 Å². The molecule has 4 aliphatic rings. The predicted octanol–water partition coefficient (Wildman–Crippen LogP) is 5.53. The van der Waals surface area contributed by atoms with Gasteiger partial charge >= 0.3 is 0 Å². The molecular formula is C24H27NO. The number of rotatable bonds is 1. The molecule has 0 aliphatic heterocycles. The van der Waals surface area contributed by atoms with Crippen molar-refractivity contribution in [3.8, 4) is 0 Å². The van der Waals surface area contributed by atoms with E-state index in [1.807, 2.05) is 18.5 Å². The first kappa shape index (κ1) is 16.2. The normalized spacial score (nSPS) is 38.5. The van der Waals surface area contributed by atoms with Crippen LogP contribution in [0, 0.1) is 22.7 Å². The number of fused-ring (bicyclic) bond motifs is 5. The van der Waals surface area contributed by atoms with Crippen LogP contribution in [0.2, 0.25) is 0 Å². The lowest BCUT2D eigenvalue weighted by molar-refractivity contribution is -0.121. The number of hydrogen-bond acceptors (Lipinski definition) is 2. The fourth-order valence-corrected chi connectivity index (χ4v) is 6.42. The monoisotopic (exact) mass is 345 g/mol. The van der Waals surface area contributed by atoms with E-state index in [0.29, 0.717) is 24.0 Å². The summed E-state index contributed by atoms with van der Waals surface area (Å²) in [6.45, 7) is 4.88. The van der Waals surface area contributed by atoms with E-state index >= 15 is 0 Å². The van der Waals surface area contributed by atoms with Gasteiger partial charge in [-0.15, -0.1) is 0 Å². The maximum Gasteiger partial charge on any atom is 0.136 e. The molecule has 0 bridgehead atoms. The van der Waals surface area contributed by atoms with E-state index in [1.54, 1.807) is 5.57 Å². The molecule has 0 aromatic carbocycles. The van der Waals surface area contributed by atoms with Crippen LogP contribution in [0.5, 0.6) is 0 Å². The summed E-state index contributed by atoms with van der Waals surface area (Å²) in [5, 5.41) is 0. The minimum absolute atomic E-state index is 0.149. The van der Waals surface area contributed by atoms with Gasteiger partial charge in [-0.3, -0.25) is 9.78 Å². The molecule has 26 heavy (non-hydrogen) atoms. The first-order valence-corrected chi connectivity index (χ1v) is 10.1. The summed E-state index contributed by atoms with van der Waals surface area (Å²) in [6.07, 6.45) is 17.1. The molecule has 4 aliphatic carbocycles. The molecule has 2 nitrogen and oxygen atoms in total. The van der Waals surface area contributed by atoms with Crippen LogP contribution in [0.3, 0.4) is 0 Å². The number of pyridine rings is 1. The van der Waals surface area contributed by atoms with E-state index in [9.17, 15) is 4.79 Å². The SMILES string of the molecule is C[C@]12CC[C@H]3[C@@H](CC=C4CC(=O)CC[C@@]43C)C1=CC=C2c1cccnc1. The van der Waals surface area contributed by atoms with Crippen molar-refractivity contribution >= 4 is 11.4 Å². The number of aromatic nitrogens is 1. The summed E-state index contributed by atoms with van der Waals surface area (Å²) >= 11 is 0. The molecule has 2 heteroatoms. The Morgan fingerprint density at radius 3 is 2.88 bits per heavy atom. The van der Waals surface area contributed by atoms with Gasteiger partial charge in [-0.1, -0.05) is 49.3 Å². The lowest BCUT2D eigenvalue weighted by atomic mass is 9.49.